The van der Waals surface area contributed by atoms with Crippen LogP contribution in [0.5, 0.6) is 0 Å². The van der Waals surface area contributed by atoms with E-state index in [2.05, 4.69) is 20.5 Å². The molecule has 10 heteroatoms. The monoisotopic (exact) mass is 482 g/mol. The fraction of sp³-hybridized carbons (Fsp3) is 0.400. The molecule has 0 aliphatic carbocycles. The lowest BCUT2D eigenvalue weighted by Gasteiger charge is -2.27. The molecule has 0 bridgehead atoms. The van der Waals surface area contributed by atoms with Gasteiger partial charge in [0.15, 0.2) is 0 Å². The molecule has 0 radical (unpaired) electrons. The van der Waals surface area contributed by atoms with Crippen LogP contribution in [0, 0.1) is 11.6 Å². The van der Waals surface area contributed by atoms with Gasteiger partial charge in [0.05, 0.1) is 30.6 Å². The molecule has 0 saturated carbocycles. The molecule has 2 aliphatic heterocycles. The van der Waals surface area contributed by atoms with Gasteiger partial charge in [-0.25, -0.2) is 13.8 Å². The molecule has 2 saturated heterocycles. The van der Waals surface area contributed by atoms with Crippen molar-refractivity contribution in [3.63, 3.8) is 0 Å². The van der Waals surface area contributed by atoms with E-state index in [1.807, 2.05) is 11.9 Å². The van der Waals surface area contributed by atoms with Crippen molar-refractivity contribution >= 4 is 28.4 Å². The molecular formula is C25H28F2N6O2. The highest BCUT2D eigenvalue weighted by molar-refractivity contribution is 6.01. The molecule has 8 nitrogen and oxygen atoms in total. The Hall–Kier alpha value is -3.37. The van der Waals surface area contributed by atoms with Crippen LogP contribution in [0.2, 0.25) is 0 Å². The van der Waals surface area contributed by atoms with Crippen LogP contribution in [0.15, 0.2) is 36.5 Å². The molecule has 1 amide bonds. The van der Waals surface area contributed by atoms with E-state index in [0.717, 1.165) is 18.3 Å². The van der Waals surface area contributed by atoms with Crippen molar-refractivity contribution < 1.29 is 18.3 Å². The number of likely N-dealkylation sites (N-methyl/N-ethyl adjacent to an activating group) is 1. The molecule has 0 unspecified atom stereocenters. The molecule has 2 aromatic carbocycles. The summed E-state index contributed by atoms with van der Waals surface area (Å²) in [4.78, 5) is 26.7. The Morgan fingerprint density at radius 3 is 2.60 bits per heavy atom. The van der Waals surface area contributed by atoms with Crippen molar-refractivity contribution in [1.29, 1.82) is 0 Å². The molecule has 1 aromatic heterocycles. The van der Waals surface area contributed by atoms with Gasteiger partial charge in [-0.05, 0) is 43.3 Å². The highest BCUT2D eigenvalue weighted by atomic mass is 19.1. The Kier molecular flexibility index (Phi) is 6.74. The van der Waals surface area contributed by atoms with Gasteiger partial charge in [0.25, 0.3) is 5.91 Å². The molecule has 3 heterocycles. The first-order valence-corrected chi connectivity index (χ1v) is 11.8. The first kappa shape index (κ1) is 23.4. The number of carbonyl (C=O) groups is 1. The molecule has 2 N–H and O–H groups in total. The second kappa shape index (κ2) is 10.1. The summed E-state index contributed by atoms with van der Waals surface area (Å²) in [6, 6.07) is 7.18. The third kappa shape index (κ3) is 5.18. The minimum Gasteiger partial charge on any atom is -0.379 e. The van der Waals surface area contributed by atoms with Gasteiger partial charge >= 0.3 is 0 Å². The maximum atomic E-state index is 13.7. The normalized spacial score (nSPS) is 18.3. The molecule has 2 aliphatic rings. The maximum Gasteiger partial charge on any atom is 0.254 e. The summed E-state index contributed by atoms with van der Waals surface area (Å²) in [6.07, 6.45) is 2.61. The van der Waals surface area contributed by atoms with Crippen LogP contribution in [0.25, 0.3) is 11.0 Å². The summed E-state index contributed by atoms with van der Waals surface area (Å²) in [5, 5.41) is 6.45. The van der Waals surface area contributed by atoms with Gasteiger partial charge in [-0.3, -0.25) is 9.78 Å². The number of ether oxygens (including phenoxy) is 1. The zero-order chi connectivity index (χ0) is 24.4. The second-order valence-corrected chi connectivity index (χ2v) is 8.88. The molecule has 0 spiro atoms. The summed E-state index contributed by atoms with van der Waals surface area (Å²) in [6.45, 7) is 4.14. The number of halogens is 2. The van der Waals surface area contributed by atoms with E-state index in [0.29, 0.717) is 67.2 Å². The van der Waals surface area contributed by atoms with Gasteiger partial charge in [0, 0.05) is 50.4 Å². The zero-order valence-electron chi connectivity index (χ0n) is 19.6. The molecule has 35 heavy (non-hydrogen) atoms. The number of aromatic nitrogens is 2. The van der Waals surface area contributed by atoms with E-state index in [-0.39, 0.29) is 18.5 Å². The van der Waals surface area contributed by atoms with Crippen LogP contribution in [0.1, 0.15) is 22.3 Å². The number of nitrogens with one attached hydrogen (secondary N) is 2. The van der Waals surface area contributed by atoms with Crippen molar-refractivity contribution in [2.24, 2.45) is 0 Å². The number of carbonyl (C=O) groups excluding carboxylic acids is 1. The predicted octanol–water partition coefficient (Wildman–Crippen LogP) is 2.79. The van der Waals surface area contributed by atoms with Gasteiger partial charge < -0.3 is 25.2 Å². The first-order chi connectivity index (χ1) is 17.0. The lowest BCUT2D eigenvalue weighted by Crippen LogP contribution is -2.36. The zero-order valence-corrected chi connectivity index (χ0v) is 19.6. The molecule has 2 fully saturated rings. The number of anilines is 2. The smallest absolute Gasteiger partial charge is 0.254 e. The Morgan fingerprint density at radius 1 is 1.11 bits per heavy atom. The van der Waals surface area contributed by atoms with Gasteiger partial charge in [0.1, 0.15) is 23.0 Å². The number of hydrogen-bond donors (Lipinski definition) is 2. The van der Waals surface area contributed by atoms with Crippen molar-refractivity contribution in [1.82, 2.24) is 20.2 Å². The minimum absolute atomic E-state index is 0.0800. The van der Waals surface area contributed by atoms with Crippen molar-refractivity contribution in [2.45, 2.75) is 19.0 Å². The van der Waals surface area contributed by atoms with E-state index in [1.165, 1.54) is 12.1 Å². The minimum atomic E-state index is -0.641. The number of morpholine rings is 1. The summed E-state index contributed by atoms with van der Waals surface area (Å²) in [5.74, 6) is -0.643. The largest absolute Gasteiger partial charge is 0.379 e. The number of benzene rings is 2. The van der Waals surface area contributed by atoms with Crippen LogP contribution in [-0.2, 0) is 11.3 Å². The number of nitrogens with zero attached hydrogens (tertiary/aromatic N) is 4. The van der Waals surface area contributed by atoms with E-state index < -0.39 is 11.6 Å². The summed E-state index contributed by atoms with van der Waals surface area (Å²) in [7, 11) is 1.90. The average Bonchev–Trinajstić information content (AvgIpc) is 3.36. The molecule has 5 rings (SSSR count). The van der Waals surface area contributed by atoms with Crippen LogP contribution >= 0.6 is 0 Å². The van der Waals surface area contributed by atoms with Crippen molar-refractivity contribution in [3.05, 3.63) is 59.3 Å². The average molecular weight is 483 g/mol. The third-order valence-corrected chi connectivity index (χ3v) is 6.51. The Balaban J connectivity index is 1.49. The molecular weight excluding hydrogens is 454 g/mol. The van der Waals surface area contributed by atoms with Crippen molar-refractivity contribution in [3.8, 4) is 0 Å². The van der Waals surface area contributed by atoms with Gasteiger partial charge in [0.2, 0.25) is 0 Å². The Bertz CT molecular complexity index is 1210. The molecule has 184 valence electrons. The third-order valence-electron chi connectivity index (χ3n) is 6.51. The number of likely N-dealkylation sites (tertiary alicyclic amines) is 1. The number of fused-ring (bicyclic) bond motifs is 1. The topological polar surface area (TPSA) is 82.6 Å². The number of amides is 1. The fourth-order valence-corrected chi connectivity index (χ4v) is 4.58. The quantitative estimate of drug-likeness (QED) is 0.559. The number of rotatable bonds is 6. The number of hydrogen-bond acceptors (Lipinski definition) is 7. The Labute approximate surface area is 202 Å². The molecule has 3 aromatic rings. The van der Waals surface area contributed by atoms with Gasteiger partial charge in [-0.1, -0.05) is 0 Å². The predicted molar refractivity (Wildman–Crippen MR) is 130 cm³/mol. The first-order valence-electron chi connectivity index (χ1n) is 11.8. The van der Waals surface area contributed by atoms with E-state index >= 15 is 0 Å². The summed E-state index contributed by atoms with van der Waals surface area (Å²) < 4.78 is 32.9. The maximum absolute atomic E-state index is 13.7. The highest BCUT2D eigenvalue weighted by Crippen LogP contribution is 2.27. The Morgan fingerprint density at radius 2 is 1.89 bits per heavy atom. The summed E-state index contributed by atoms with van der Waals surface area (Å²) >= 11 is 0. The van der Waals surface area contributed by atoms with Crippen LogP contribution in [-0.4, -0.2) is 73.3 Å². The van der Waals surface area contributed by atoms with Gasteiger partial charge in [-0.2, -0.15) is 0 Å². The molecule has 1 atom stereocenters. The van der Waals surface area contributed by atoms with Gasteiger partial charge in [-0.15, -0.1) is 0 Å². The summed E-state index contributed by atoms with van der Waals surface area (Å²) in [5.41, 5.74) is 2.70. The second-order valence-electron chi connectivity index (χ2n) is 8.88. The van der Waals surface area contributed by atoms with E-state index in [9.17, 15) is 13.6 Å². The van der Waals surface area contributed by atoms with Crippen molar-refractivity contribution in [2.75, 3.05) is 56.7 Å². The van der Waals surface area contributed by atoms with Crippen LogP contribution < -0.4 is 15.5 Å². The SMILES string of the molecule is CN[C@H]1CCN(C(=O)c2cc(NCc3cc(F)cc(F)c3)c3nc(N4CCOCC4)cnc3c2)C1. The highest BCUT2D eigenvalue weighted by Gasteiger charge is 2.27. The van der Waals surface area contributed by atoms with E-state index in [1.54, 1.807) is 18.3 Å². The van der Waals surface area contributed by atoms with E-state index in [4.69, 9.17) is 9.72 Å². The van der Waals surface area contributed by atoms with Crippen LogP contribution in [0.4, 0.5) is 20.3 Å². The lowest BCUT2D eigenvalue weighted by atomic mass is 10.1. The lowest BCUT2D eigenvalue weighted by molar-refractivity contribution is 0.0790. The fourth-order valence-electron chi connectivity index (χ4n) is 4.58. The van der Waals surface area contributed by atoms with Crippen LogP contribution in [0.3, 0.4) is 0 Å². The standard InChI is InChI=1S/C25H28F2N6O2/c1-28-20-2-3-33(15-20)25(34)17-10-21(29-13-16-8-18(26)12-19(27)9-16)24-22(11-17)30-14-23(31-24)32-4-6-35-7-5-32/h8-12,14,20,28-29H,2-7,13,15H2,1H3/t20-/m0/s1.